The Balaban J connectivity index is 1.87. The van der Waals surface area contributed by atoms with Crippen LogP contribution in [0.4, 0.5) is 31.1 Å². The van der Waals surface area contributed by atoms with Crippen LogP contribution in [0.15, 0.2) is 46.0 Å². The fourth-order valence-electron chi connectivity index (χ4n) is 2.92. The van der Waals surface area contributed by atoms with E-state index in [0.29, 0.717) is 23.9 Å². The maximum absolute atomic E-state index is 13.2. The maximum Gasteiger partial charge on any atom is 0.416 e. The van der Waals surface area contributed by atoms with Gasteiger partial charge < -0.3 is 4.42 Å². The Bertz CT molecular complexity index is 1230. The molecule has 3 aromatic rings. The Morgan fingerprint density at radius 1 is 0.935 bits per heavy atom. The largest absolute Gasteiger partial charge is 0.456 e. The molecular formula is C19H8F6N2O3S. The van der Waals surface area contributed by atoms with Crippen LogP contribution in [0.3, 0.4) is 0 Å². The van der Waals surface area contributed by atoms with Crippen molar-refractivity contribution in [3.63, 3.8) is 0 Å². The van der Waals surface area contributed by atoms with E-state index in [1.54, 1.807) is 0 Å². The number of thioether (sulfide) groups is 1. The molecule has 0 saturated carbocycles. The lowest BCUT2D eigenvalue weighted by molar-refractivity contribution is -0.143. The first-order valence-electron chi connectivity index (χ1n) is 8.34. The Morgan fingerprint density at radius 3 is 2.13 bits per heavy atom. The lowest BCUT2D eigenvalue weighted by atomic mass is 9.99. The predicted molar refractivity (Wildman–Crippen MR) is 98.6 cm³/mol. The molecule has 2 amide bonds. The lowest BCUT2D eigenvalue weighted by Gasteiger charge is -2.14. The summed E-state index contributed by atoms with van der Waals surface area (Å²) in [5.41, 5.74) is -3.46. The molecule has 1 saturated heterocycles. The number of alkyl halides is 6. The third-order valence-electron chi connectivity index (χ3n) is 4.26. The van der Waals surface area contributed by atoms with Crippen LogP contribution in [0, 0.1) is 0 Å². The molecule has 4 rings (SSSR count). The topological polar surface area (TPSA) is 72.2 Å². The number of furan rings is 1. The number of pyridine rings is 1. The zero-order chi connectivity index (χ0) is 22.6. The van der Waals surface area contributed by atoms with Gasteiger partial charge in [-0.25, -0.2) is 0 Å². The van der Waals surface area contributed by atoms with Crippen molar-refractivity contribution in [1.82, 2.24) is 10.3 Å². The van der Waals surface area contributed by atoms with E-state index in [1.807, 2.05) is 5.32 Å². The minimum Gasteiger partial charge on any atom is -0.456 e. The molecule has 1 aromatic carbocycles. The summed E-state index contributed by atoms with van der Waals surface area (Å²) in [4.78, 5) is 26.8. The van der Waals surface area contributed by atoms with Gasteiger partial charge in [0.15, 0.2) is 0 Å². The van der Waals surface area contributed by atoms with Gasteiger partial charge in [-0.1, -0.05) is 0 Å². The average molecular weight is 458 g/mol. The highest BCUT2D eigenvalue weighted by molar-refractivity contribution is 8.18. The number of amides is 2. The summed E-state index contributed by atoms with van der Waals surface area (Å²) >= 11 is 0.624. The minimum atomic E-state index is -5.00. The van der Waals surface area contributed by atoms with Crippen LogP contribution in [-0.4, -0.2) is 16.1 Å². The fourth-order valence-corrected chi connectivity index (χ4v) is 3.58. The number of carbonyl (C=O) groups is 2. The van der Waals surface area contributed by atoms with Crippen LogP contribution >= 0.6 is 11.8 Å². The van der Waals surface area contributed by atoms with E-state index in [-0.39, 0.29) is 33.3 Å². The number of imide groups is 1. The Labute approximate surface area is 173 Å². The first-order valence-corrected chi connectivity index (χ1v) is 9.16. The van der Waals surface area contributed by atoms with Gasteiger partial charge in [0.05, 0.1) is 16.0 Å². The van der Waals surface area contributed by atoms with E-state index in [4.69, 9.17) is 4.42 Å². The second-order valence-electron chi connectivity index (χ2n) is 6.40. The van der Waals surface area contributed by atoms with Crippen molar-refractivity contribution in [2.24, 2.45) is 0 Å². The molecule has 0 unspecified atom stereocenters. The molecule has 1 fully saturated rings. The molecule has 1 N–H and O–H groups in total. The molecule has 5 nitrogen and oxygen atoms in total. The number of nitrogens with one attached hydrogen (secondary N) is 1. The monoisotopic (exact) mass is 458 g/mol. The Kier molecular flexibility index (Phi) is 4.84. The Morgan fingerprint density at radius 2 is 1.58 bits per heavy atom. The summed E-state index contributed by atoms with van der Waals surface area (Å²) in [6, 6.07) is 2.58. The second-order valence-corrected chi connectivity index (χ2v) is 7.42. The highest BCUT2D eigenvalue weighted by atomic mass is 32.2. The van der Waals surface area contributed by atoms with Gasteiger partial charge in [-0.15, -0.1) is 0 Å². The molecule has 0 bridgehead atoms. The number of carbonyl (C=O) groups excluding carboxylic acids is 2. The van der Waals surface area contributed by atoms with Gasteiger partial charge in [-0.3, -0.25) is 19.9 Å². The maximum atomic E-state index is 13.2. The summed E-state index contributed by atoms with van der Waals surface area (Å²) in [6.45, 7) is 0. The van der Waals surface area contributed by atoms with Crippen LogP contribution in [0.5, 0.6) is 0 Å². The van der Waals surface area contributed by atoms with E-state index < -0.39 is 40.2 Å². The number of benzene rings is 1. The highest BCUT2D eigenvalue weighted by Gasteiger charge is 2.37. The average Bonchev–Trinajstić information content (AvgIpc) is 3.21. The van der Waals surface area contributed by atoms with Crippen molar-refractivity contribution in [3.8, 4) is 11.1 Å². The van der Waals surface area contributed by atoms with Crippen molar-refractivity contribution in [2.45, 2.75) is 12.4 Å². The fraction of sp³-hybridized carbons (Fsp3) is 0.105. The number of hydrogen-bond donors (Lipinski definition) is 1. The molecule has 3 heterocycles. The number of halogens is 6. The summed E-state index contributed by atoms with van der Waals surface area (Å²) < 4.78 is 84.7. The molecule has 0 atom stereocenters. The van der Waals surface area contributed by atoms with E-state index in [9.17, 15) is 35.9 Å². The van der Waals surface area contributed by atoms with E-state index >= 15 is 0 Å². The van der Waals surface area contributed by atoms with Gasteiger partial charge in [0.25, 0.3) is 11.1 Å². The van der Waals surface area contributed by atoms with Crippen molar-refractivity contribution < 1.29 is 40.3 Å². The van der Waals surface area contributed by atoms with Gasteiger partial charge in [0.1, 0.15) is 11.3 Å². The number of rotatable bonds is 2. The lowest BCUT2D eigenvalue weighted by Crippen LogP contribution is -2.17. The molecular weight excluding hydrogens is 450 g/mol. The quantitative estimate of drug-likeness (QED) is 0.385. The van der Waals surface area contributed by atoms with Crippen molar-refractivity contribution in [2.75, 3.05) is 0 Å². The summed E-state index contributed by atoms with van der Waals surface area (Å²) in [6.07, 6.45) is -6.39. The number of hydrogen-bond acceptors (Lipinski definition) is 5. The van der Waals surface area contributed by atoms with Crippen LogP contribution in [0.25, 0.3) is 28.2 Å². The van der Waals surface area contributed by atoms with E-state index in [2.05, 4.69) is 4.98 Å². The molecule has 0 spiro atoms. The predicted octanol–water partition coefficient (Wildman–Crippen LogP) is 5.86. The normalized spacial score (nSPS) is 16.4. The third-order valence-corrected chi connectivity index (χ3v) is 5.07. The number of nitrogens with zero attached hydrogens (tertiary/aromatic N) is 1. The summed E-state index contributed by atoms with van der Waals surface area (Å²) in [7, 11) is 0. The summed E-state index contributed by atoms with van der Waals surface area (Å²) in [5, 5.41) is 1.75. The molecule has 1 aliphatic heterocycles. The number of fused-ring (bicyclic) bond motifs is 1. The summed E-state index contributed by atoms with van der Waals surface area (Å²) in [5.74, 6) is -0.582. The van der Waals surface area contributed by atoms with Gasteiger partial charge in [0, 0.05) is 29.4 Å². The van der Waals surface area contributed by atoms with Crippen LogP contribution in [-0.2, 0) is 17.1 Å². The molecule has 160 valence electrons. The van der Waals surface area contributed by atoms with Crippen LogP contribution in [0.1, 0.15) is 16.9 Å². The van der Waals surface area contributed by atoms with Gasteiger partial charge >= 0.3 is 12.4 Å². The molecule has 1 aliphatic rings. The minimum absolute atomic E-state index is 0.0240. The SMILES string of the molecule is O=C1NC(=O)/C(=C\c2cc3cncc(-c4cc(C(F)(F)F)cc(C(F)(F)F)c4)c3o2)S1. The third kappa shape index (κ3) is 4.15. The molecule has 12 heteroatoms. The standard InChI is InChI=1S/C19H8F6N2O3S/c20-18(21,22)10-1-8(2-11(4-10)19(23,24)25)13-7-26-6-9-3-12(30-15(9)13)5-14-16(28)27-17(29)31-14/h1-7H,(H,27,28,29)/b14-5+. The highest BCUT2D eigenvalue weighted by Crippen LogP contribution is 2.40. The Hall–Kier alpha value is -3.28. The molecule has 0 aliphatic carbocycles. The van der Waals surface area contributed by atoms with E-state index in [0.717, 1.165) is 6.20 Å². The zero-order valence-electron chi connectivity index (χ0n) is 14.9. The molecule has 2 aromatic heterocycles. The van der Waals surface area contributed by atoms with Crippen molar-refractivity contribution in [3.05, 3.63) is 58.5 Å². The second kappa shape index (κ2) is 7.15. The van der Waals surface area contributed by atoms with Gasteiger partial charge in [0.2, 0.25) is 0 Å². The molecule has 31 heavy (non-hydrogen) atoms. The zero-order valence-corrected chi connectivity index (χ0v) is 15.7. The smallest absolute Gasteiger partial charge is 0.416 e. The number of aromatic nitrogens is 1. The van der Waals surface area contributed by atoms with Crippen LogP contribution in [0.2, 0.25) is 0 Å². The molecule has 0 radical (unpaired) electrons. The van der Waals surface area contributed by atoms with E-state index in [1.165, 1.54) is 18.3 Å². The first kappa shape index (κ1) is 21.0. The van der Waals surface area contributed by atoms with Gasteiger partial charge in [-0.2, -0.15) is 26.3 Å². The van der Waals surface area contributed by atoms with Crippen LogP contribution < -0.4 is 5.32 Å². The van der Waals surface area contributed by atoms with Crippen molar-refractivity contribution in [1.29, 1.82) is 0 Å². The van der Waals surface area contributed by atoms with Gasteiger partial charge in [-0.05, 0) is 41.6 Å². The first-order chi connectivity index (χ1) is 14.4. The van der Waals surface area contributed by atoms with Crippen molar-refractivity contribution >= 4 is 40.0 Å².